The molecule has 1 N–H and O–H groups in total. The number of carbonyl (C=O) groups excluding carboxylic acids is 3. The van der Waals surface area contributed by atoms with Gasteiger partial charge in [-0.2, -0.15) is 0 Å². The van der Waals surface area contributed by atoms with Crippen LogP contribution in [0.5, 0.6) is 11.5 Å². The van der Waals surface area contributed by atoms with Crippen LogP contribution in [0.3, 0.4) is 0 Å². The Morgan fingerprint density at radius 2 is 1.64 bits per heavy atom. The van der Waals surface area contributed by atoms with E-state index in [1.807, 2.05) is 0 Å². The van der Waals surface area contributed by atoms with Gasteiger partial charge < -0.3 is 29.3 Å². The van der Waals surface area contributed by atoms with Crippen LogP contribution in [0.15, 0.2) is 42.5 Å². The molecule has 2 amide bonds. The van der Waals surface area contributed by atoms with Gasteiger partial charge in [-0.25, -0.2) is 4.79 Å². The van der Waals surface area contributed by atoms with Gasteiger partial charge in [-0.05, 0) is 49.4 Å². The first kappa shape index (κ1) is 23.9. The van der Waals surface area contributed by atoms with Crippen LogP contribution in [-0.4, -0.2) is 69.2 Å². The van der Waals surface area contributed by atoms with Gasteiger partial charge in [0.15, 0.2) is 6.61 Å². The summed E-state index contributed by atoms with van der Waals surface area (Å²) < 4.78 is 15.8. The lowest BCUT2D eigenvalue weighted by Crippen LogP contribution is -2.48. The molecule has 1 heterocycles. The van der Waals surface area contributed by atoms with E-state index in [4.69, 9.17) is 14.2 Å². The Balaban J connectivity index is 1.73. The van der Waals surface area contributed by atoms with Crippen molar-refractivity contribution in [1.82, 2.24) is 4.90 Å². The summed E-state index contributed by atoms with van der Waals surface area (Å²) in [6.45, 7) is 5.75. The van der Waals surface area contributed by atoms with E-state index in [-0.39, 0.29) is 25.0 Å². The summed E-state index contributed by atoms with van der Waals surface area (Å²) in [6.07, 6.45) is 0. The van der Waals surface area contributed by atoms with Crippen molar-refractivity contribution in [2.75, 3.05) is 56.7 Å². The second-order valence-electron chi connectivity index (χ2n) is 7.46. The van der Waals surface area contributed by atoms with Crippen molar-refractivity contribution >= 4 is 29.2 Å². The molecule has 0 aromatic heterocycles. The Labute approximate surface area is 193 Å². The number of methoxy groups -OCH3 is 1. The third-order valence-electron chi connectivity index (χ3n) is 5.28. The topological polar surface area (TPSA) is 97.4 Å². The second-order valence-corrected chi connectivity index (χ2v) is 7.46. The minimum atomic E-state index is -0.463. The van der Waals surface area contributed by atoms with Crippen molar-refractivity contribution in [2.45, 2.75) is 13.8 Å². The molecule has 1 saturated heterocycles. The van der Waals surface area contributed by atoms with Gasteiger partial charge in [0.25, 0.3) is 5.91 Å². The van der Waals surface area contributed by atoms with Gasteiger partial charge in [-0.3, -0.25) is 9.59 Å². The predicted octanol–water partition coefficient (Wildman–Crippen LogP) is 2.56. The lowest BCUT2D eigenvalue weighted by atomic mass is 10.1. The summed E-state index contributed by atoms with van der Waals surface area (Å²) in [6, 6.07) is 12.0. The van der Waals surface area contributed by atoms with Gasteiger partial charge in [-0.15, -0.1) is 0 Å². The average molecular weight is 456 g/mol. The molecule has 2 aromatic carbocycles. The zero-order chi connectivity index (χ0) is 23.8. The summed E-state index contributed by atoms with van der Waals surface area (Å²) in [5.74, 6) is 0.436. The zero-order valence-electron chi connectivity index (χ0n) is 19.1. The molecule has 9 nitrogen and oxygen atoms in total. The molecule has 9 heteroatoms. The van der Waals surface area contributed by atoms with Gasteiger partial charge in [0.05, 0.1) is 30.7 Å². The number of nitrogens with one attached hydrogen (secondary N) is 1. The third-order valence-corrected chi connectivity index (χ3v) is 5.28. The van der Waals surface area contributed by atoms with Crippen molar-refractivity contribution in [2.24, 2.45) is 0 Å². The number of carbonyl (C=O) groups is 3. The number of ether oxygens (including phenoxy) is 3. The fourth-order valence-corrected chi connectivity index (χ4v) is 3.52. The van der Waals surface area contributed by atoms with Gasteiger partial charge in [0, 0.05) is 33.1 Å². The van der Waals surface area contributed by atoms with E-state index in [1.165, 1.54) is 0 Å². The molecule has 0 spiro atoms. The van der Waals surface area contributed by atoms with Crippen LogP contribution in [0.4, 0.5) is 11.4 Å². The maximum Gasteiger partial charge on any atom is 0.338 e. The minimum Gasteiger partial charge on any atom is -0.497 e. The molecule has 2 aromatic rings. The van der Waals surface area contributed by atoms with Crippen LogP contribution in [0.2, 0.25) is 0 Å². The van der Waals surface area contributed by atoms with Crippen molar-refractivity contribution in [1.29, 1.82) is 0 Å². The number of nitrogens with zero attached hydrogens (tertiary/aromatic N) is 2. The number of piperazine rings is 1. The Hall–Kier alpha value is -3.75. The number of esters is 1. The van der Waals surface area contributed by atoms with Crippen LogP contribution < -0.4 is 19.7 Å². The van der Waals surface area contributed by atoms with Crippen molar-refractivity contribution in [3.05, 3.63) is 48.0 Å². The third kappa shape index (κ3) is 6.38. The highest BCUT2D eigenvalue weighted by Gasteiger charge is 2.22. The maximum atomic E-state index is 12.6. The second kappa shape index (κ2) is 11.2. The van der Waals surface area contributed by atoms with E-state index >= 15 is 0 Å². The van der Waals surface area contributed by atoms with Crippen molar-refractivity contribution < 1.29 is 28.6 Å². The maximum absolute atomic E-state index is 12.6. The minimum absolute atomic E-state index is 0.0384. The fourth-order valence-electron chi connectivity index (χ4n) is 3.52. The Morgan fingerprint density at radius 1 is 0.970 bits per heavy atom. The lowest BCUT2D eigenvalue weighted by molar-refractivity contribution is -0.129. The molecule has 1 aliphatic heterocycles. The molecule has 3 rings (SSSR count). The predicted molar refractivity (Wildman–Crippen MR) is 124 cm³/mol. The van der Waals surface area contributed by atoms with E-state index in [0.29, 0.717) is 48.9 Å². The Kier molecular flexibility index (Phi) is 8.12. The molecule has 33 heavy (non-hydrogen) atoms. The lowest BCUT2D eigenvalue weighted by Gasteiger charge is -2.36. The summed E-state index contributed by atoms with van der Waals surface area (Å²) in [7, 11) is 1.57. The zero-order valence-corrected chi connectivity index (χ0v) is 19.1. The van der Waals surface area contributed by atoms with E-state index in [0.717, 1.165) is 5.69 Å². The first-order valence-corrected chi connectivity index (χ1v) is 10.8. The molecule has 176 valence electrons. The van der Waals surface area contributed by atoms with E-state index in [9.17, 15) is 14.4 Å². The van der Waals surface area contributed by atoms with Gasteiger partial charge >= 0.3 is 5.97 Å². The molecule has 0 atom stereocenters. The summed E-state index contributed by atoms with van der Waals surface area (Å²) in [4.78, 5) is 40.4. The van der Waals surface area contributed by atoms with Gasteiger partial charge in [-0.1, -0.05) is 0 Å². The van der Waals surface area contributed by atoms with Crippen LogP contribution in [0.1, 0.15) is 24.2 Å². The largest absolute Gasteiger partial charge is 0.497 e. The van der Waals surface area contributed by atoms with Crippen molar-refractivity contribution in [3.8, 4) is 11.5 Å². The number of anilines is 2. The average Bonchev–Trinajstić information content (AvgIpc) is 2.83. The normalized spacial score (nSPS) is 13.3. The quantitative estimate of drug-likeness (QED) is 0.611. The molecule has 0 unspecified atom stereocenters. The molecular formula is C24H29N3O6. The Morgan fingerprint density at radius 3 is 2.24 bits per heavy atom. The van der Waals surface area contributed by atoms with E-state index < -0.39 is 5.97 Å². The summed E-state index contributed by atoms with van der Waals surface area (Å²) in [5, 5.41) is 2.85. The number of amides is 2. The fraction of sp³-hybridized carbons (Fsp3) is 0.375. The number of hydrogen-bond acceptors (Lipinski definition) is 7. The van der Waals surface area contributed by atoms with Crippen LogP contribution in [0, 0.1) is 0 Å². The molecular weight excluding hydrogens is 426 g/mol. The van der Waals surface area contributed by atoms with E-state index in [2.05, 4.69) is 10.2 Å². The molecule has 0 saturated carbocycles. The highest BCUT2D eigenvalue weighted by atomic mass is 16.5. The SMILES string of the molecule is CCOC(=O)c1ccc(N2CCN(C(C)=O)CC2)c(NC(=O)COc2ccc(OC)cc2)c1. The van der Waals surface area contributed by atoms with Crippen LogP contribution in [0.25, 0.3) is 0 Å². The van der Waals surface area contributed by atoms with Crippen molar-refractivity contribution in [3.63, 3.8) is 0 Å². The monoisotopic (exact) mass is 455 g/mol. The standard InChI is InChI=1S/C24H29N3O6/c1-4-32-24(30)18-5-10-22(27-13-11-26(12-14-27)17(2)28)21(15-18)25-23(29)16-33-20-8-6-19(31-3)7-9-20/h5-10,15H,4,11-14,16H2,1-3H3,(H,25,29). The highest BCUT2D eigenvalue weighted by Crippen LogP contribution is 2.29. The number of rotatable bonds is 8. The molecule has 1 aliphatic rings. The molecule has 1 fully saturated rings. The smallest absolute Gasteiger partial charge is 0.338 e. The van der Waals surface area contributed by atoms with Gasteiger partial charge in [0.2, 0.25) is 5.91 Å². The van der Waals surface area contributed by atoms with Gasteiger partial charge in [0.1, 0.15) is 11.5 Å². The highest BCUT2D eigenvalue weighted by molar-refractivity contribution is 5.98. The molecule has 0 aliphatic carbocycles. The summed E-state index contributed by atoms with van der Waals surface area (Å²) >= 11 is 0. The first-order valence-electron chi connectivity index (χ1n) is 10.8. The first-order chi connectivity index (χ1) is 15.9. The van der Waals surface area contributed by atoms with E-state index in [1.54, 1.807) is 68.3 Å². The molecule has 0 radical (unpaired) electrons. The van der Waals surface area contributed by atoms with Crippen LogP contribution in [-0.2, 0) is 14.3 Å². The molecule has 0 bridgehead atoms. The summed E-state index contributed by atoms with van der Waals surface area (Å²) in [5.41, 5.74) is 1.60. The number of benzene rings is 2. The van der Waals surface area contributed by atoms with Crippen LogP contribution >= 0.6 is 0 Å². The Bertz CT molecular complexity index is 984. The number of hydrogen-bond donors (Lipinski definition) is 1.